The summed E-state index contributed by atoms with van der Waals surface area (Å²) >= 11 is 9.33. The molecule has 766 valence electrons. The number of phenols is 2. The molecule has 0 spiro atoms. The van der Waals surface area contributed by atoms with Crippen LogP contribution in [0, 0.1) is 23.7 Å². The summed E-state index contributed by atoms with van der Waals surface area (Å²) in [6, 6.07) is 9.00. The van der Waals surface area contributed by atoms with Gasteiger partial charge in [0.05, 0.1) is 34.2 Å². The number of rotatable bonds is 15. The number of ether oxygens (including phenoxy) is 4. The third-order valence-electron chi connectivity index (χ3n) is 26.0. The van der Waals surface area contributed by atoms with Crippen LogP contribution in [-0.2, 0) is 57.4 Å². The number of aromatic nitrogens is 12. The van der Waals surface area contributed by atoms with E-state index >= 15 is 0 Å². The van der Waals surface area contributed by atoms with Gasteiger partial charge in [-0.05, 0) is 250 Å². The minimum Gasteiger partial charge on any atom is -0.507 e. The minimum absolute atomic E-state index is 0. The number of phenolic OH excluding ortho intramolecular Hbond substituents is 2. The molecule has 42 nitrogen and oxygen atoms in total. The fraction of sp³-hybridized carbons (Fsp3) is 0.585. The lowest BCUT2D eigenvalue weighted by Crippen LogP contribution is -2.56. The Morgan fingerprint density at radius 2 is 0.766 bits per heavy atom. The lowest BCUT2D eigenvalue weighted by atomic mass is 10.0. The number of tetrazole rings is 3. The number of carbonyl (C=O) groups excluding carboxylic acids is 9. The van der Waals surface area contributed by atoms with E-state index in [-0.39, 0.29) is 145 Å². The van der Waals surface area contributed by atoms with Crippen LogP contribution in [0.1, 0.15) is 228 Å². The van der Waals surface area contributed by atoms with E-state index < -0.39 is 159 Å². The zero-order valence-corrected chi connectivity index (χ0v) is 85.4. The zero-order chi connectivity index (χ0) is 99.1. The van der Waals surface area contributed by atoms with Gasteiger partial charge in [-0.15, -0.1) is 30.6 Å². The maximum absolute atomic E-state index is 14.2. The number of aliphatic carboxylic acids is 3. The van der Waals surface area contributed by atoms with E-state index in [1.54, 1.807) is 80.5 Å². The van der Waals surface area contributed by atoms with Crippen molar-refractivity contribution >= 4 is 140 Å². The van der Waals surface area contributed by atoms with E-state index in [9.17, 15) is 83.1 Å². The van der Waals surface area contributed by atoms with Gasteiger partial charge in [-0.1, -0.05) is 86.6 Å². The molecule has 15 atom stereocenters. The highest BCUT2D eigenvalue weighted by atomic mass is 79.9. The number of amides is 9. The second-order valence-corrected chi connectivity index (χ2v) is 41.4. The highest BCUT2D eigenvalue weighted by Crippen LogP contribution is 2.49. The predicted molar refractivity (Wildman–Crippen MR) is 529 cm³/mol. The minimum atomic E-state index is -1.45. The Morgan fingerprint density at radius 3 is 1.08 bits per heavy atom. The van der Waals surface area contributed by atoms with Crippen molar-refractivity contribution in [3.63, 3.8) is 0 Å². The number of carboxylic acids is 3. The Balaban J connectivity index is 0.000000200. The summed E-state index contributed by atoms with van der Waals surface area (Å²) in [6.45, 7) is 16.4. The fourth-order valence-corrected chi connectivity index (χ4v) is 18.6. The predicted octanol–water partition coefficient (Wildman–Crippen LogP) is 10.5. The molecule has 6 aromatic rings. The molecule has 3 aromatic carbocycles. The summed E-state index contributed by atoms with van der Waals surface area (Å²) in [5.74, 6) is -5.38. The third-order valence-corrected chi connectivity index (χ3v) is 26.9. The topological polar surface area (TPSA) is 556 Å². The highest BCUT2D eigenvalue weighted by molar-refractivity contribution is 9.10. The standard InChI is InChI=1S/C34H45N7O7.C30H38BrN7O7.C30H38ClN7O7.3H2S/c1-33(2,3)48-32(46)35-26-10-8-6-4-5-7-9-23-18-34(23,31(44)45)36-29(42)27-17-24(19-40(27)30(26)43)41-38-28(37-39-41)22-13-15-25(16-14-22)47-20-21-11-12-21;2*1-29(2,3)45-28(44)32-21-10-8-6-4-5-7-9-18-15-30(18,27(42)43)33-25(40)22-14-19(16-37(22)26(21)41)38-35-24(34-36-38)17-11-12-23(39)20(31)13-17;;;/h7,9,13-16,21,23-24,26-27H,4-6,8,10-12,17-20H2,1-3H3,(H,35,46)(H,36,42)(H,44,45);2*7,9,11-13,18-19,21-22,39H,4-6,8,10,14-16H2,1-3H3,(H,32,44)(H,33,40)(H,42,43);3*1H2/b3*9-7-;;;/t23-,24?,26-,27+,34+;2*18-,19+,21-,22+,30+;;;/m111.../s1. The van der Waals surface area contributed by atoms with Crippen LogP contribution in [-0.4, -0.2) is 268 Å². The number of nitrogens with one attached hydrogen (secondary N) is 6. The number of alkyl carbamates (subject to hydrolysis) is 3. The number of hydrogen-bond donors (Lipinski definition) is 11. The number of halogens is 2. The van der Waals surface area contributed by atoms with Crippen molar-refractivity contribution in [2.75, 3.05) is 26.2 Å². The van der Waals surface area contributed by atoms with E-state index in [4.69, 9.17) is 30.5 Å². The van der Waals surface area contributed by atoms with E-state index in [1.807, 2.05) is 60.7 Å². The van der Waals surface area contributed by atoms with Crippen molar-refractivity contribution in [2.24, 2.45) is 23.7 Å². The van der Waals surface area contributed by atoms with Gasteiger partial charge in [0.15, 0.2) is 0 Å². The van der Waals surface area contributed by atoms with Gasteiger partial charge < -0.3 is 91.1 Å². The fourth-order valence-electron chi connectivity index (χ4n) is 18.1. The van der Waals surface area contributed by atoms with Gasteiger partial charge in [0.25, 0.3) is 0 Å². The summed E-state index contributed by atoms with van der Waals surface area (Å²) in [5.41, 5.74) is -4.84. The largest absolute Gasteiger partial charge is 0.507 e. The Kier molecular flexibility index (Phi) is 35.9. The van der Waals surface area contributed by atoms with Gasteiger partial charge in [-0.2, -0.15) is 54.9 Å². The lowest BCUT2D eigenvalue weighted by molar-refractivity contribution is -0.146. The molecule has 7 fully saturated rings. The molecule has 1 unspecified atom stereocenters. The van der Waals surface area contributed by atoms with E-state index in [2.05, 4.69) is 94.1 Å². The molecule has 3 aromatic heterocycles. The normalized spacial score (nSPS) is 27.7. The monoisotopic (exact) mass is 2100 g/mol. The summed E-state index contributed by atoms with van der Waals surface area (Å²) < 4.78 is 22.6. The Hall–Kier alpha value is -11.7. The second kappa shape index (κ2) is 46.2. The molecule has 3 saturated heterocycles. The summed E-state index contributed by atoms with van der Waals surface area (Å²) in [4.78, 5) is 168. The SMILES string of the molecule is CC(C)(C)OC(=O)N[C@@H]1CCCCC/C=C\[C@@H]2C[C@]2(C(=O)O)NC(=O)[C@@H]2CC(n3nnc(-c4ccc(OCC5CC5)cc4)n3)CN2C1=O.CC(C)(C)OC(=O)N[C@@H]1CCCCC/C=C\[C@@H]2C[C@]2(C(=O)O)NC(=O)[C@@H]2C[C@H](n3nnc(-c4ccc(O)c(Br)c4)n3)CN2C1=O.CC(C)(C)OC(=O)N[C@@H]1CCCCC/C=C\[C@@H]2C[C@]2(C(=O)O)NC(=O)[C@@H]2C[C@H](n3nnc(-c4ccc(O)c(Cl)c4)n3)CN2C1=O.S.S.S. The molecule has 0 bridgehead atoms. The number of carboxylic acid groups (broad SMARTS) is 3. The van der Waals surface area contributed by atoms with Crippen LogP contribution in [0.5, 0.6) is 17.2 Å². The number of allylic oxidation sites excluding steroid dienone is 3. The highest BCUT2D eigenvalue weighted by Gasteiger charge is 2.64. The van der Waals surface area contributed by atoms with Crippen LogP contribution in [0.25, 0.3) is 34.2 Å². The third kappa shape index (κ3) is 27.6. The Bertz CT molecular complexity index is 5430. The van der Waals surface area contributed by atoms with Crippen LogP contribution >= 0.6 is 68.0 Å². The molecule has 9 heterocycles. The molecule has 6 aliphatic heterocycles. The molecule has 16 rings (SSSR count). The Morgan fingerprint density at radius 1 is 0.447 bits per heavy atom. The number of hydrogen-bond acceptors (Lipinski definition) is 27. The maximum atomic E-state index is 14.2. The average Bonchev–Trinajstić information content (AvgIpc) is 1.59. The molecule has 10 aliphatic rings. The first-order chi connectivity index (χ1) is 65.5. The first kappa shape index (κ1) is 110. The number of fused-ring (bicyclic) bond motifs is 6. The molecule has 9 amide bonds. The molecule has 11 N–H and O–H groups in total. The Labute approximate surface area is 849 Å². The van der Waals surface area contributed by atoms with E-state index in [0.29, 0.717) is 72.5 Å². The lowest BCUT2D eigenvalue weighted by Gasteiger charge is -2.30. The number of carbonyl (C=O) groups is 12. The van der Waals surface area contributed by atoms with Crippen LogP contribution < -0.4 is 36.6 Å². The van der Waals surface area contributed by atoms with Crippen LogP contribution in [0.2, 0.25) is 5.02 Å². The van der Waals surface area contributed by atoms with E-state index in [1.165, 1.54) is 60.1 Å². The summed E-state index contributed by atoms with van der Waals surface area (Å²) in [6.07, 6.45) is 22.8. The summed E-state index contributed by atoms with van der Waals surface area (Å²) in [7, 11) is 0. The van der Waals surface area contributed by atoms with Crippen molar-refractivity contribution in [1.29, 1.82) is 0 Å². The van der Waals surface area contributed by atoms with Gasteiger partial charge in [-0.3, -0.25) is 28.8 Å². The van der Waals surface area contributed by atoms with Crippen LogP contribution in [0.3, 0.4) is 0 Å². The van der Waals surface area contributed by atoms with Gasteiger partial charge >= 0.3 is 36.2 Å². The molecule has 141 heavy (non-hydrogen) atoms. The quantitative estimate of drug-likeness (QED) is 0.0336. The van der Waals surface area contributed by atoms with E-state index in [0.717, 1.165) is 69.1 Å². The molecular weight excluding hydrogens is 1970 g/mol. The smallest absolute Gasteiger partial charge is 0.408 e. The first-order valence-electron chi connectivity index (χ1n) is 47.1. The van der Waals surface area contributed by atoms with Crippen molar-refractivity contribution in [1.82, 2.24) is 107 Å². The second-order valence-electron chi connectivity index (χ2n) is 40.1. The number of nitrogens with zero attached hydrogens (tertiary/aromatic N) is 15. The molecular formula is C94H127BrClN21O21S3. The number of benzene rings is 3. The summed E-state index contributed by atoms with van der Waals surface area (Å²) in [5, 5.41) is 105. The van der Waals surface area contributed by atoms with Gasteiger partial charge in [-0.25, -0.2) is 28.8 Å². The van der Waals surface area contributed by atoms with Gasteiger partial charge in [0.1, 0.15) is 86.9 Å². The molecule has 0 radical (unpaired) electrons. The zero-order valence-electron chi connectivity index (χ0n) is 80.1. The average molecular weight is 2100 g/mol. The van der Waals surface area contributed by atoms with Crippen molar-refractivity contribution < 1.29 is 102 Å². The molecule has 4 aliphatic carbocycles. The van der Waals surface area contributed by atoms with Crippen molar-refractivity contribution in [3.8, 4) is 51.4 Å². The maximum Gasteiger partial charge on any atom is 0.408 e. The van der Waals surface area contributed by atoms with Crippen molar-refractivity contribution in [2.45, 2.75) is 298 Å². The van der Waals surface area contributed by atoms with Gasteiger partial charge in [0, 0.05) is 73.3 Å². The van der Waals surface area contributed by atoms with Crippen LogP contribution in [0.4, 0.5) is 14.4 Å². The molecule has 4 saturated carbocycles. The molecule has 47 heteroatoms. The van der Waals surface area contributed by atoms with Gasteiger partial charge in [0.2, 0.25) is 52.9 Å². The number of aromatic hydroxyl groups is 2. The van der Waals surface area contributed by atoms with Crippen molar-refractivity contribution in [3.05, 3.63) is 107 Å². The first-order valence-corrected chi connectivity index (χ1v) is 48.3. The van der Waals surface area contributed by atoms with Crippen LogP contribution in [0.15, 0.2) is 102 Å².